The van der Waals surface area contributed by atoms with Gasteiger partial charge >= 0.3 is 6.09 Å². The largest absolute Gasteiger partial charge is 0.442 e. The normalized spacial score (nSPS) is 16.7. The lowest BCUT2D eigenvalue weighted by Crippen LogP contribution is -2.35. The maximum absolute atomic E-state index is 12.6. The van der Waals surface area contributed by atoms with Gasteiger partial charge in [-0.15, -0.1) is 0 Å². The molecule has 2 heterocycles. The first-order valence-corrected chi connectivity index (χ1v) is 8.35. The van der Waals surface area contributed by atoms with Crippen molar-refractivity contribution in [1.29, 1.82) is 0 Å². The molecule has 1 atom stereocenters. The second kappa shape index (κ2) is 6.51. The van der Waals surface area contributed by atoms with Crippen LogP contribution in [0.5, 0.6) is 0 Å². The van der Waals surface area contributed by atoms with E-state index in [4.69, 9.17) is 4.74 Å². The minimum Gasteiger partial charge on any atom is -0.442 e. The van der Waals surface area contributed by atoms with Gasteiger partial charge in [-0.3, -0.25) is 14.4 Å². The molecule has 0 radical (unpaired) electrons. The van der Waals surface area contributed by atoms with Gasteiger partial charge in [0.05, 0.1) is 19.3 Å². The number of anilines is 1. The van der Waals surface area contributed by atoms with E-state index in [0.29, 0.717) is 17.9 Å². The fraction of sp³-hybridized carbons (Fsp3) is 0.211. The Kier molecular flexibility index (Phi) is 4.04. The van der Waals surface area contributed by atoms with Crippen LogP contribution in [-0.4, -0.2) is 41.0 Å². The van der Waals surface area contributed by atoms with Crippen molar-refractivity contribution in [3.63, 3.8) is 0 Å². The number of nitrogens with zero attached hydrogens (tertiary/aromatic N) is 3. The summed E-state index contributed by atoms with van der Waals surface area (Å²) in [5.41, 5.74) is 0.607. The quantitative estimate of drug-likeness (QED) is 0.783. The van der Waals surface area contributed by atoms with Crippen LogP contribution in [0.3, 0.4) is 0 Å². The highest BCUT2D eigenvalue weighted by Gasteiger charge is 2.34. The molecule has 2 aromatic carbocycles. The molecule has 3 aromatic rings. The van der Waals surface area contributed by atoms with Crippen molar-refractivity contribution in [3.8, 4) is 0 Å². The van der Waals surface area contributed by atoms with Crippen molar-refractivity contribution in [2.45, 2.75) is 6.10 Å². The lowest BCUT2D eigenvalue weighted by Gasteiger charge is -2.13. The zero-order chi connectivity index (χ0) is 18.1. The van der Waals surface area contributed by atoms with E-state index >= 15 is 0 Å². The molecular formula is C19H18N4O3. The van der Waals surface area contributed by atoms with Crippen LogP contribution in [-0.2, 0) is 11.8 Å². The number of hydrogen-bond donors (Lipinski definition) is 1. The summed E-state index contributed by atoms with van der Waals surface area (Å²) in [7, 11) is 1.76. The summed E-state index contributed by atoms with van der Waals surface area (Å²) in [6.45, 7) is 0.621. The molecule has 0 bridgehead atoms. The minimum atomic E-state index is -0.432. The SMILES string of the molecule is Cn1nccc1N1CC(CNC(=O)c2cccc3ccccc23)OC1=O. The van der Waals surface area contributed by atoms with Gasteiger partial charge in [0, 0.05) is 18.7 Å². The highest BCUT2D eigenvalue weighted by atomic mass is 16.6. The van der Waals surface area contributed by atoms with Crippen molar-refractivity contribution in [2.75, 3.05) is 18.0 Å². The molecule has 1 aromatic heterocycles. The molecule has 0 aliphatic carbocycles. The van der Waals surface area contributed by atoms with Gasteiger partial charge in [0.1, 0.15) is 11.9 Å². The Balaban J connectivity index is 1.44. The Bertz CT molecular complexity index is 976. The highest BCUT2D eigenvalue weighted by molar-refractivity contribution is 6.07. The molecule has 7 nitrogen and oxygen atoms in total. The number of carbonyl (C=O) groups is 2. The van der Waals surface area contributed by atoms with Gasteiger partial charge in [-0.25, -0.2) is 4.79 Å². The first-order valence-electron chi connectivity index (χ1n) is 8.35. The van der Waals surface area contributed by atoms with Gasteiger partial charge in [0.2, 0.25) is 0 Å². The number of rotatable bonds is 4. The van der Waals surface area contributed by atoms with E-state index in [2.05, 4.69) is 10.4 Å². The summed E-state index contributed by atoms with van der Waals surface area (Å²) >= 11 is 0. The average Bonchev–Trinajstić information content (AvgIpc) is 3.24. The van der Waals surface area contributed by atoms with Gasteiger partial charge in [0.25, 0.3) is 5.91 Å². The van der Waals surface area contributed by atoms with E-state index in [9.17, 15) is 9.59 Å². The van der Waals surface area contributed by atoms with Crippen LogP contribution < -0.4 is 10.2 Å². The van der Waals surface area contributed by atoms with Crippen LogP contribution in [0.1, 0.15) is 10.4 Å². The number of aryl methyl sites for hydroxylation is 1. The van der Waals surface area contributed by atoms with E-state index in [1.165, 1.54) is 4.90 Å². The van der Waals surface area contributed by atoms with Crippen LogP contribution in [0.25, 0.3) is 10.8 Å². The zero-order valence-electron chi connectivity index (χ0n) is 14.3. The fourth-order valence-corrected chi connectivity index (χ4v) is 3.17. The van der Waals surface area contributed by atoms with Crippen LogP contribution in [0.4, 0.5) is 10.6 Å². The summed E-state index contributed by atoms with van der Waals surface area (Å²) in [6, 6.07) is 15.1. The maximum atomic E-state index is 12.6. The molecule has 1 fully saturated rings. The number of hydrogen-bond acceptors (Lipinski definition) is 4. The monoisotopic (exact) mass is 350 g/mol. The lowest BCUT2D eigenvalue weighted by atomic mass is 10.0. The number of amides is 2. The molecule has 0 spiro atoms. The van der Waals surface area contributed by atoms with Crippen molar-refractivity contribution in [2.24, 2.45) is 7.05 Å². The number of ether oxygens (including phenoxy) is 1. The van der Waals surface area contributed by atoms with Gasteiger partial charge in [-0.2, -0.15) is 5.10 Å². The molecule has 0 saturated carbocycles. The summed E-state index contributed by atoms with van der Waals surface area (Å²) in [5.74, 6) is 0.481. The van der Waals surface area contributed by atoms with Crippen molar-refractivity contribution in [3.05, 3.63) is 60.3 Å². The number of benzene rings is 2. The van der Waals surface area contributed by atoms with E-state index in [1.807, 2.05) is 36.4 Å². The number of aromatic nitrogens is 2. The van der Waals surface area contributed by atoms with Crippen molar-refractivity contribution >= 4 is 28.6 Å². The topological polar surface area (TPSA) is 76.5 Å². The second-order valence-corrected chi connectivity index (χ2v) is 6.17. The third-order valence-corrected chi connectivity index (χ3v) is 4.47. The molecule has 7 heteroatoms. The Morgan fingerprint density at radius 1 is 1.23 bits per heavy atom. The second-order valence-electron chi connectivity index (χ2n) is 6.17. The summed E-state index contributed by atoms with van der Waals surface area (Å²) in [5, 5.41) is 8.83. The van der Waals surface area contributed by atoms with Crippen LogP contribution in [0.15, 0.2) is 54.7 Å². The predicted octanol–water partition coefficient (Wildman–Crippen LogP) is 2.33. The average molecular weight is 350 g/mol. The number of cyclic esters (lactones) is 1. The molecule has 1 aliphatic rings. The Morgan fingerprint density at radius 3 is 2.85 bits per heavy atom. The molecule has 2 amide bonds. The summed E-state index contributed by atoms with van der Waals surface area (Å²) in [6.07, 6.45) is 0.785. The first-order chi connectivity index (χ1) is 12.6. The molecule has 4 rings (SSSR count). The third kappa shape index (κ3) is 2.88. The number of carbonyl (C=O) groups excluding carboxylic acids is 2. The van der Waals surface area contributed by atoms with E-state index in [0.717, 1.165) is 10.8 Å². The predicted molar refractivity (Wildman–Crippen MR) is 97.1 cm³/mol. The Labute approximate surface area is 150 Å². The van der Waals surface area contributed by atoms with Crippen LogP contribution in [0, 0.1) is 0 Å². The molecule has 1 aliphatic heterocycles. The molecular weight excluding hydrogens is 332 g/mol. The molecule has 1 N–H and O–H groups in total. The van der Waals surface area contributed by atoms with Crippen molar-refractivity contribution in [1.82, 2.24) is 15.1 Å². The molecule has 132 valence electrons. The van der Waals surface area contributed by atoms with E-state index < -0.39 is 12.2 Å². The van der Waals surface area contributed by atoms with Gasteiger partial charge in [0.15, 0.2) is 0 Å². The van der Waals surface area contributed by atoms with Crippen LogP contribution >= 0.6 is 0 Å². The van der Waals surface area contributed by atoms with Gasteiger partial charge < -0.3 is 10.1 Å². The van der Waals surface area contributed by atoms with Gasteiger partial charge in [-0.1, -0.05) is 36.4 Å². The smallest absolute Gasteiger partial charge is 0.416 e. The third-order valence-electron chi connectivity index (χ3n) is 4.47. The number of nitrogens with one attached hydrogen (secondary N) is 1. The standard InChI is InChI=1S/C19H18N4O3/c1-22-17(9-10-21-22)23-12-14(26-19(23)25)11-20-18(24)16-8-4-6-13-5-2-3-7-15(13)16/h2-10,14H,11-12H2,1H3,(H,20,24). The molecule has 1 saturated heterocycles. The maximum Gasteiger partial charge on any atom is 0.416 e. The highest BCUT2D eigenvalue weighted by Crippen LogP contribution is 2.21. The van der Waals surface area contributed by atoms with Gasteiger partial charge in [-0.05, 0) is 16.8 Å². The minimum absolute atomic E-state index is 0.183. The molecule has 26 heavy (non-hydrogen) atoms. The number of fused-ring (bicyclic) bond motifs is 1. The Hall–Kier alpha value is -3.35. The first kappa shape index (κ1) is 16.1. The van der Waals surface area contributed by atoms with E-state index in [-0.39, 0.29) is 12.5 Å². The van der Waals surface area contributed by atoms with Crippen molar-refractivity contribution < 1.29 is 14.3 Å². The van der Waals surface area contributed by atoms with E-state index in [1.54, 1.807) is 30.1 Å². The zero-order valence-corrected chi connectivity index (χ0v) is 14.3. The molecule has 1 unspecified atom stereocenters. The summed E-state index contributed by atoms with van der Waals surface area (Å²) in [4.78, 5) is 26.2. The summed E-state index contributed by atoms with van der Waals surface area (Å²) < 4.78 is 6.97. The Morgan fingerprint density at radius 2 is 2.04 bits per heavy atom. The van der Waals surface area contributed by atoms with Crippen LogP contribution in [0.2, 0.25) is 0 Å². The lowest BCUT2D eigenvalue weighted by molar-refractivity contribution is 0.0917. The fourth-order valence-electron chi connectivity index (χ4n) is 3.17.